The van der Waals surface area contributed by atoms with Crippen LogP contribution in [0.4, 0.5) is 5.69 Å². The van der Waals surface area contributed by atoms with Crippen LogP contribution in [0.15, 0.2) is 96.3 Å². The molecular formula is C26H25N5O4S. The van der Waals surface area contributed by atoms with Gasteiger partial charge in [0.1, 0.15) is 4.90 Å². The van der Waals surface area contributed by atoms with Gasteiger partial charge in [0.25, 0.3) is 15.9 Å². The molecule has 0 atom stereocenters. The highest BCUT2D eigenvalue weighted by atomic mass is 32.2. The summed E-state index contributed by atoms with van der Waals surface area (Å²) < 4.78 is 28.3. The Balaban J connectivity index is 0.000000445. The van der Waals surface area contributed by atoms with Gasteiger partial charge in [-0.05, 0) is 48.5 Å². The number of anilines is 1. The van der Waals surface area contributed by atoms with Crippen LogP contribution in [-0.2, 0) is 14.8 Å². The average molecular weight is 504 g/mol. The number of hydrogen-bond donors (Lipinski definition) is 1. The summed E-state index contributed by atoms with van der Waals surface area (Å²) in [6.07, 6.45) is 5.84. The summed E-state index contributed by atoms with van der Waals surface area (Å²) >= 11 is 0. The molecule has 0 bridgehead atoms. The lowest BCUT2D eigenvalue weighted by Crippen LogP contribution is -2.48. The van der Waals surface area contributed by atoms with Crippen molar-refractivity contribution in [2.24, 2.45) is 0 Å². The van der Waals surface area contributed by atoms with Gasteiger partial charge in [0, 0.05) is 61.4 Å². The van der Waals surface area contributed by atoms with Crippen LogP contribution in [0, 0.1) is 0 Å². The molecule has 2 aromatic heterocycles. The van der Waals surface area contributed by atoms with E-state index in [1.54, 1.807) is 76.9 Å². The van der Waals surface area contributed by atoms with Crippen molar-refractivity contribution in [3.05, 3.63) is 97.0 Å². The molecule has 36 heavy (non-hydrogen) atoms. The molecule has 1 saturated heterocycles. The topological polar surface area (TPSA) is 113 Å². The monoisotopic (exact) mass is 503 g/mol. The van der Waals surface area contributed by atoms with Gasteiger partial charge in [-0.3, -0.25) is 24.3 Å². The van der Waals surface area contributed by atoms with Crippen molar-refractivity contribution in [1.29, 1.82) is 0 Å². The fourth-order valence-electron chi connectivity index (χ4n) is 3.71. The molecule has 1 N–H and O–H groups in total. The second-order valence-corrected chi connectivity index (χ2v) is 9.62. The van der Waals surface area contributed by atoms with Crippen LogP contribution in [0.2, 0.25) is 0 Å². The van der Waals surface area contributed by atoms with Gasteiger partial charge in [0.15, 0.2) is 0 Å². The Labute approximate surface area is 209 Å². The molecule has 3 heterocycles. The third-order valence-electron chi connectivity index (χ3n) is 5.59. The number of carbonyl (C=O) groups is 2. The number of amides is 2. The minimum atomic E-state index is -3.85. The number of rotatable bonds is 5. The molecule has 0 spiro atoms. The number of nitrogens with zero attached hydrogens (tertiary/aromatic N) is 4. The largest absolute Gasteiger partial charge is 0.342 e. The van der Waals surface area contributed by atoms with Crippen LogP contribution in [0.1, 0.15) is 10.4 Å². The second kappa shape index (κ2) is 11.4. The van der Waals surface area contributed by atoms with E-state index in [4.69, 9.17) is 0 Å². The van der Waals surface area contributed by atoms with Crippen LogP contribution in [0.5, 0.6) is 0 Å². The van der Waals surface area contributed by atoms with Crippen LogP contribution in [-0.4, -0.2) is 66.7 Å². The van der Waals surface area contributed by atoms with Gasteiger partial charge in [-0.1, -0.05) is 24.3 Å². The predicted molar refractivity (Wildman–Crippen MR) is 137 cm³/mol. The number of benzene rings is 2. The molecule has 0 saturated carbocycles. The van der Waals surface area contributed by atoms with Crippen LogP contribution in [0.3, 0.4) is 0 Å². The first-order valence-electron chi connectivity index (χ1n) is 11.3. The quantitative estimate of drug-likeness (QED) is 0.419. The number of nitrogens with one attached hydrogen (secondary N) is 1. The number of para-hydroxylation sites is 1. The molecular weight excluding hydrogens is 478 g/mol. The van der Waals surface area contributed by atoms with Gasteiger partial charge in [0.2, 0.25) is 6.41 Å². The number of pyridine rings is 2. The number of hydrogen-bond acceptors (Lipinski definition) is 6. The van der Waals surface area contributed by atoms with Crippen molar-refractivity contribution in [3.8, 4) is 0 Å². The molecule has 0 unspecified atom stereocenters. The molecule has 1 fully saturated rings. The molecule has 0 aliphatic carbocycles. The van der Waals surface area contributed by atoms with E-state index in [-0.39, 0.29) is 10.8 Å². The normalized spacial score (nSPS) is 13.4. The molecule has 10 heteroatoms. The lowest BCUT2D eigenvalue weighted by Gasteiger charge is -2.32. The summed E-state index contributed by atoms with van der Waals surface area (Å²) in [7, 11) is -3.85. The number of fused-ring (bicyclic) bond motifs is 1. The Bertz CT molecular complexity index is 1390. The lowest BCUT2D eigenvalue weighted by atomic mass is 10.1. The van der Waals surface area contributed by atoms with Gasteiger partial charge in [-0.25, -0.2) is 8.42 Å². The Morgan fingerprint density at radius 1 is 0.833 bits per heavy atom. The maximum atomic E-state index is 12.9. The molecule has 0 radical (unpaired) electrons. The first-order valence-corrected chi connectivity index (χ1v) is 12.8. The maximum Gasteiger partial charge on any atom is 0.264 e. The average Bonchev–Trinajstić information content (AvgIpc) is 2.94. The third kappa shape index (κ3) is 6.02. The molecule has 1 aliphatic rings. The Kier molecular flexibility index (Phi) is 7.86. The smallest absolute Gasteiger partial charge is 0.264 e. The Morgan fingerprint density at radius 3 is 2.14 bits per heavy atom. The molecule has 184 valence electrons. The SMILES string of the molecule is O=CN1CCN(C(=O)c2ccc(NS(=O)(=O)c3cccc4cccnc34)cc2)CC1.c1ccncc1. The van der Waals surface area contributed by atoms with Gasteiger partial charge in [-0.2, -0.15) is 0 Å². The van der Waals surface area contributed by atoms with Gasteiger partial charge in [-0.15, -0.1) is 0 Å². The van der Waals surface area contributed by atoms with Crippen molar-refractivity contribution in [2.75, 3.05) is 30.9 Å². The summed E-state index contributed by atoms with van der Waals surface area (Å²) in [5, 5.41) is 0.732. The zero-order chi connectivity index (χ0) is 25.4. The molecule has 4 aromatic rings. The summed E-state index contributed by atoms with van der Waals surface area (Å²) in [6, 6.07) is 20.6. The van der Waals surface area contributed by atoms with E-state index in [2.05, 4.69) is 14.7 Å². The van der Waals surface area contributed by atoms with E-state index in [1.165, 1.54) is 6.07 Å². The molecule has 9 nitrogen and oxygen atoms in total. The fourth-order valence-corrected chi connectivity index (χ4v) is 4.95. The summed E-state index contributed by atoms with van der Waals surface area (Å²) in [6.45, 7) is 1.96. The van der Waals surface area contributed by atoms with Gasteiger partial charge < -0.3 is 9.80 Å². The zero-order valence-electron chi connectivity index (χ0n) is 19.4. The van der Waals surface area contributed by atoms with E-state index >= 15 is 0 Å². The molecule has 2 aromatic carbocycles. The van der Waals surface area contributed by atoms with Crippen LogP contribution < -0.4 is 4.72 Å². The van der Waals surface area contributed by atoms with Crippen molar-refractivity contribution < 1.29 is 18.0 Å². The van der Waals surface area contributed by atoms with Crippen LogP contribution >= 0.6 is 0 Å². The lowest BCUT2D eigenvalue weighted by molar-refractivity contribution is -0.119. The highest BCUT2D eigenvalue weighted by Gasteiger charge is 2.22. The summed E-state index contributed by atoms with van der Waals surface area (Å²) in [5.41, 5.74) is 1.21. The van der Waals surface area contributed by atoms with Crippen molar-refractivity contribution >= 4 is 38.9 Å². The van der Waals surface area contributed by atoms with E-state index < -0.39 is 10.0 Å². The Hall–Kier alpha value is -4.31. The van der Waals surface area contributed by atoms with Crippen LogP contribution in [0.25, 0.3) is 10.9 Å². The second-order valence-electron chi connectivity index (χ2n) is 7.97. The third-order valence-corrected chi connectivity index (χ3v) is 7.00. The molecule has 2 amide bonds. The maximum absolute atomic E-state index is 12.9. The number of carbonyl (C=O) groups excluding carboxylic acids is 2. The minimum absolute atomic E-state index is 0.0915. The number of sulfonamides is 1. The molecule has 1 aliphatic heterocycles. The standard InChI is InChI=1S/C21H20N4O4S.C5H5N/c26-15-24-11-13-25(14-12-24)21(27)17-6-8-18(9-7-17)23-30(28,29)19-5-1-3-16-4-2-10-22-20(16)19;1-2-4-6-5-3-1/h1-10,15,23H,11-14H2;1-5H. The summed E-state index contributed by atoms with van der Waals surface area (Å²) in [5.74, 6) is -0.145. The van der Waals surface area contributed by atoms with Gasteiger partial charge >= 0.3 is 0 Å². The highest BCUT2D eigenvalue weighted by molar-refractivity contribution is 7.93. The first kappa shape index (κ1) is 24.8. The van der Waals surface area contributed by atoms with E-state index in [9.17, 15) is 18.0 Å². The molecule has 5 rings (SSSR count). The summed E-state index contributed by atoms with van der Waals surface area (Å²) in [4.78, 5) is 34.8. The van der Waals surface area contributed by atoms with E-state index in [1.807, 2.05) is 18.2 Å². The van der Waals surface area contributed by atoms with Crippen molar-refractivity contribution in [3.63, 3.8) is 0 Å². The number of aromatic nitrogens is 2. The fraction of sp³-hybridized carbons (Fsp3) is 0.154. The first-order chi connectivity index (χ1) is 17.5. The number of piperazine rings is 1. The van der Waals surface area contributed by atoms with E-state index in [0.29, 0.717) is 42.9 Å². The van der Waals surface area contributed by atoms with Crippen molar-refractivity contribution in [2.45, 2.75) is 4.90 Å². The highest BCUT2D eigenvalue weighted by Crippen LogP contribution is 2.23. The van der Waals surface area contributed by atoms with Crippen molar-refractivity contribution in [1.82, 2.24) is 19.8 Å². The zero-order valence-corrected chi connectivity index (χ0v) is 20.2. The van der Waals surface area contributed by atoms with E-state index in [0.717, 1.165) is 11.8 Å². The minimum Gasteiger partial charge on any atom is -0.342 e. The van der Waals surface area contributed by atoms with Gasteiger partial charge in [0.05, 0.1) is 5.52 Å². The predicted octanol–water partition coefficient (Wildman–Crippen LogP) is 3.03. The Morgan fingerprint density at radius 2 is 1.53 bits per heavy atom.